The molecule has 0 aliphatic rings. The van der Waals surface area contributed by atoms with E-state index in [2.05, 4.69) is 10.3 Å². The van der Waals surface area contributed by atoms with Crippen LogP contribution in [0.2, 0.25) is 5.02 Å². The van der Waals surface area contributed by atoms with Crippen LogP contribution in [-0.4, -0.2) is 18.7 Å². The predicted molar refractivity (Wildman–Crippen MR) is 114 cm³/mol. The molecule has 0 radical (unpaired) electrons. The standard InChI is InChI=1S/C21H19ClFN5O2/c1-26-17-18(25-20(26)24-11-13-7-9-15(22)10-8-13)27(2)21(30)28(19(17)29)12-14-5-3-4-6-16(14)23/h3-10H,11-12H2,1-2H3,(H,24,25). The molecule has 4 rings (SSSR count). The number of benzene rings is 2. The van der Waals surface area contributed by atoms with E-state index in [0.717, 1.165) is 10.1 Å². The van der Waals surface area contributed by atoms with Gasteiger partial charge >= 0.3 is 5.69 Å². The molecule has 154 valence electrons. The SMILES string of the molecule is Cn1c(NCc2ccc(Cl)cc2)nc2c1c(=O)n(Cc1ccccc1F)c(=O)n2C. The molecule has 0 amide bonds. The van der Waals surface area contributed by atoms with Gasteiger partial charge in [0.15, 0.2) is 11.2 Å². The highest BCUT2D eigenvalue weighted by atomic mass is 35.5. The van der Waals surface area contributed by atoms with E-state index in [1.807, 2.05) is 12.1 Å². The van der Waals surface area contributed by atoms with Crippen molar-refractivity contribution in [3.8, 4) is 0 Å². The van der Waals surface area contributed by atoms with E-state index < -0.39 is 17.1 Å². The zero-order chi connectivity index (χ0) is 21.4. The molecule has 2 aromatic heterocycles. The Kier molecular flexibility index (Phi) is 5.17. The van der Waals surface area contributed by atoms with Crippen molar-refractivity contribution in [2.75, 3.05) is 5.32 Å². The molecule has 0 aliphatic heterocycles. The normalized spacial score (nSPS) is 11.2. The van der Waals surface area contributed by atoms with Gasteiger partial charge in [-0.05, 0) is 23.8 Å². The van der Waals surface area contributed by atoms with Crippen LogP contribution in [0.5, 0.6) is 0 Å². The first-order valence-electron chi connectivity index (χ1n) is 9.25. The topological polar surface area (TPSA) is 73.8 Å². The molecular formula is C21H19ClFN5O2. The largest absolute Gasteiger partial charge is 0.352 e. The van der Waals surface area contributed by atoms with Gasteiger partial charge in [0.2, 0.25) is 5.95 Å². The second kappa shape index (κ2) is 7.79. The lowest BCUT2D eigenvalue weighted by atomic mass is 10.2. The highest BCUT2D eigenvalue weighted by molar-refractivity contribution is 6.30. The second-order valence-corrected chi connectivity index (χ2v) is 7.41. The number of anilines is 1. The fourth-order valence-corrected chi connectivity index (χ4v) is 3.45. The second-order valence-electron chi connectivity index (χ2n) is 6.97. The molecule has 0 aliphatic carbocycles. The smallest absolute Gasteiger partial charge is 0.332 e. The van der Waals surface area contributed by atoms with Gasteiger partial charge in [-0.3, -0.25) is 13.9 Å². The Morgan fingerprint density at radius 3 is 2.43 bits per heavy atom. The molecule has 0 bridgehead atoms. The van der Waals surface area contributed by atoms with Crippen LogP contribution >= 0.6 is 11.6 Å². The maximum atomic E-state index is 14.1. The Bertz CT molecular complexity index is 1360. The molecule has 0 spiro atoms. The van der Waals surface area contributed by atoms with Crippen molar-refractivity contribution in [3.05, 3.63) is 91.3 Å². The minimum absolute atomic E-state index is 0.160. The van der Waals surface area contributed by atoms with E-state index in [1.54, 1.807) is 41.9 Å². The summed E-state index contributed by atoms with van der Waals surface area (Å²) >= 11 is 5.91. The van der Waals surface area contributed by atoms with Gasteiger partial charge in [0.05, 0.1) is 6.54 Å². The fourth-order valence-electron chi connectivity index (χ4n) is 3.32. The van der Waals surface area contributed by atoms with Crippen LogP contribution in [0.15, 0.2) is 58.1 Å². The number of nitrogens with zero attached hydrogens (tertiary/aromatic N) is 4. The van der Waals surface area contributed by atoms with Gasteiger partial charge in [-0.25, -0.2) is 9.18 Å². The maximum Gasteiger partial charge on any atom is 0.332 e. The quantitative estimate of drug-likeness (QED) is 0.531. The Hall–Kier alpha value is -3.39. The number of hydrogen-bond donors (Lipinski definition) is 1. The Labute approximate surface area is 176 Å². The lowest BCUT2D eigenvalue weighted by Crippen LogP contribution is -2.40. The number of fused-ring (bicyclic) bond motifs is 1. The van der Waals surface area contributed by atoms with Gasteiger partial charge in [0.1, 0.15) is 5.82 Å². The molecule has 4 aromatic rings. The van der Waals surface area contributed by atoms with Crippen LogP contribution in [0.4, 0.5) is 10.3 Å². The summed E-state index contributed by atoms with van der Waals surface area (Å²) in [5.74, 6) is -0.0300. The summed E-state index contributed by atoms with van der Waals surface area (Å²) in [4.78, 5) is 30.3. The van der Waals surface area contributed by atoms with Crippen LogP contribution in [0, 0.1) is 5.82 Å². The number of aromatic nitrogens is 4. The predicted octanol–water partition coefficient (Wildman–Crippen LogP) is 2.89. The first-order valence-corrected chi connectivity index (χ1v) is 9.62. The highest BCUT2D eigenvalue weighted by Gasteiger charge is 2.19. The average molecular weight is 428 g/mol. The minimum Gasteiger partial charge on any atom is -0.352 e. The third-order valence-electron chi connectivity index (χ3n) is 5.01. The van der Waals surface area contributed by atoms with Gasteiger partial charge in [0, 0.05) is 31.2 Å². The van der Waals surface area contributed by atoms with E-state index in [9.17, 15) is 14.0 Å². The zero-order valence-electron chi connectivity index (χ0n) is 16.4. The van der Waals surface area contributed by atoms with Crippen molar-refractivity contribution < 1.29 is 4.39 Å². The van der Waals surface area contributed by atoms with Crippen LogP contribution in [0.1, 0.15) is 11.1 Å². The number of nitrogens with one attached hydrogen (secondary N) is 1. The molecule has 0 atom stereocenters. The first-order chi connectivity index (χ1) is 14.4. The van der Waals surface area contributed by atoms with Crippen molar-refractivity contribution in [3.63, 3.8) is 0 Å². The lowest BCUT2D eigenvalue weighted by Gasteiger charge is -2.09. The number of hydrogen-bond acceptors (Lipinski definition) is 4. The summed E-state index contributed by atoms with van der Waals surface area (Å²) in [6.07, 6.45) is 0. The van der Waals surface area contributed by atoms with Gasteiger partial charge in [0.25, 0.3) is 5.56 Å². The third-order valence-corrected chi connectivity index (χ3v) is 5.26. The molecule has 0 unspecified atom stereocenters. The van der Waals surface area contributed by atoms with Crippen LogP contribution in [-0.2, 0) is 27.2 Å². The maximum absolute atomic E-state index is 14.1. The summed E-state index contributed by atoms with van der Waals surface area (Å²) in [6, 6.07) is 13.4. The highest BCUT2D eigenvalue weighted by Crippen LogP contribution is 2.16. The molecule has 0 fully saturated rings. The van der Waals surface area contributed by atoms with Gasteiger partial charge in [-0.2, -0.15) is 4.98 Å². The monoisotopic (exact) mass is 427 g/mol. The summed E-state index contributed by atoms with van der Waals surface area (Å²) in [5, 5.41) is 3.82. The van der Waals surface area contributed by atoms with Crippen molar-refractivity contribution in [1.82, 2.24) is 18.7 Å². The van der Waals surface area contributed by atoms with Gasteiger partial charge < -0.3 is 9.88 Å². The molecule has 1 N–H and O–H groups in total. The molecule has 2 aromatic carbocycles. The van der Waals surface area contributed by atoms with Crippen molar-refractivity contribution >= 4 is 28.7 Å². The van der Waals surface area contributed by atoms with E-state index in [1.165, 1.54) is 17.7 Å². The first kappa shape index (κ1) is 19.9. The minimum atomic E-state index is -0.557. The van der Waals surface area contributed by atoms with Crippen LogP contribution in [0.25, 0.3) is 11.2 Å². The molecule has 2 heterocycles. The van der Waals surface area contributed by atoms with Gasteiger partial charge in [-0.1, -0.05) is 41.9 Å². The van der Waals surface area contributed by atoms with E-state index in [0.29, 0.717) is 17.5 Å². The van der Waals surface area contributed by atoms with Crippen molar-refractivity contribution in [2.45, 2.75) is 13.1 Å². The fraction of sp³-hybridized carbons (Fsp3) is 0.190. The van der Waals surface area contributed by atoms with Crippen LogP contribution in [0.3, 0.4) is 0 Å². The number of rotatable bonds is 5. The Morgan fingerprint density at radius 1 is 1.03 bits per heavy atom. The lowest BCUT2D eigenvalue weighted by molar-refractivity contribution is 0.582. The Balaban J connectivity index is 1.75. The van der Waals surface area contributed by atoms with Crippen molar-refractivity contribution in [1.29, 1.82) is 0 Å². The Morgan fingerprint density at radius 2 is 1.73 bits per heavy atom. The van der Waals surface area contributed by atoms with Gasteiger partial charge in [-0.15, -0.1) is 0 Å². The number of imidazole rings is 1. The zero-order valence-corrected chi connectivity index (χ0v) is 17.2. The van der Waals surface area contributed by atoms with Crippen molar-refractivity contribution in [2.24, 2.45) is 14.1 Å². The molecule has 9 heteroatoms. The summed E-state index contributed by atoms with van der Waals surface area (Å²) < 4.78 is 18.0. The van der Waals surface area contributed by atoms with E-state index in [-0.39, 0.29) is 23.3 Å². The summed E-state index contributed by atoms with van der Waals surface area (Å²) in [6.45, 7) is 0.304. The average Bonchev–Trinajstić information content (AvgIpc) is 3.07. The third kappa shape index (κ3) is 3.50. The molecule has 30 heavy (non-hydrogen) atoms. The number of aryl methyl sites for hydroxylation is 2. The van der Waals surface area contributed by atoms with E-state index >= 15 is 0 Å². The molecular weight excluding hydrogens is 409 g/mol. The molecule has 0 saturated carbocycles. The number of halogens is 2. The summed E-state index contributed by atoms with van der Waals surface area (Å²) in [5.41, 5.74) is 0.684. The molecule has 0 saturated heterocycles. The summed E-state index contributed by atoms with van der Waals surface area (Å²) in [7, 11) is 3.23. The van der Waals surface area contributed by atoms with E-state index in [4.69, 9.17) is 11.6 Å². The molecule has 7 nitrogen and oxygen atoms in total. The van der Waals surface area contributed by atoms with Crippen LogP contribution < -0.4 is 16.6 Å².